The number of carbonyl (C=O) groups is 1. The summed E-state index contributed by atoms with van der Waals surface area (Å²) in [6.07, 6.45) is 8.16. The molecule has 0 radical (unpaired) electrons. The molecule has 35 heavy (non-hydrogen) atoms. The lowest BCUT2D eigenvalue weighted by Gasteiger charge is -2.19. The highest BCUT2D eigenvalue weighted by Gasteiger charge is 2.33. The molecule has 2 unspecified atom stereocenters. The van der Waals surface area contributed by atoms with Gasteiger partial charge in [-0.05, 0) is 87.2 Å². The van der Waals surface area contributed by atoms with Crippen LogP contribution in [0.15, 0.2) is 66.4 Å². The number of esters is 1. The van der Waals surface area contributed by atoms with Crippen molar-refractivity contribution in [2.45, 2.75) is 58.1 Å². The maximum Gasteiger partial charge on any atom is 0.339 e. The van der Waals surface area contributed by atoms with Crippen LogP contribution in [0.1, 0.15) is 66.3 Å². The van der Waals surface area contributed by atoms with Crippen molar-refractivity contribution in [3.63, 3.8) is 0 Å². The molecule has 2 aromatic heterocycles. The number of aliphatic imine (C=N–C) groups is 1. The maximum absolute atomic E-state index is 13.0. The largest absolute Gasteiger partial charge is 0.459 e. The molecule has 1 fully saturated rings. The van der Waals surface area contributed by atoms with Gasteiger partial charge in [-0.25, -0.2) is 4.79 Å². The average Bonchev–Trinajstić information content (AvgIpc) is 3.58. The van der Waals surface area contributed by atoms with E-state index >= 15 is 0 Å². The number of ether oxygens (including phenoxy) is 1. The maximum atomic E-state index is 13.0. The molecule has 1 aliphatic carbocycles. The topological polar surface area (TPSA) is 76.5 Å². The zero-order valence-corrected chi connectivity index (χ0v) is 20.3. The second-order valence-corrected chi connectivity index (χ2v) is 9.29. The second-order valence-electron chi connectivity index (χ2n) is 9.29. The molecule has 0 amide bonds. The SMILES string of the molecule is C=CN/C(=C(\C)c1ccc2ncc(C(=O)OC3CCCCC4=NC4C3)cc2c1)c1cccc(C)n1. The standard InChI is InChI=1S/C29H30N4O2/c1-4-30-28(26-11-7-8-18(2)32-26)19(3)20-12-13-24-21(14-20)15-22(17-31-24)29(34)35-23-9-5-6-10-25-27(16-23)33-25/h4,7-8,11-15,17,23,27,30H,1,5-6,9-10,16H2,2-3H3/b28-19+. The van der Waals surface area contributed by atoms with E-state index < -0.39 is 0 Å². The molecule has 1 N–H and O–H groups in total. The summed E-state index contributed by atoms with van der Waals surface area (Å²) < 4.78 is 5.88. The molecule has 0 saturated heterocycles. The molecule has 3 heterocycles. The predicted octanol–water partition coefficient (Wildman–Crippen LogP) is 5.87. The van der Waals surface area contributed by atoms with Crippen molar-refractivity contribution in [1.82, 2.24) is 15.3 Å². The van der Waals surface area contributed by atoms with Crippen LogP contribution in [-0.4, -0.2) is 33.8 Å². The number of hydrogen-bond donors (Lipinski definition) is 1. The molecule has 5 rings (SSSR count). The van der Waals surface area contributed by atoms with Gasteiger partial charge in [-0.1, -0.05) is 18.7 Å². The fourth-order valence-electron chi connectivity index (χ4n) is 4.73. The third kappa shape index (κ3) is 5.16. The Kier molecular flexibility index (Phi) is 6.45. The summed E-state index contributed by atoms with van der Waals surface area (Å²) >= 11 is 0. The van der Waals surface area contributed by atoms with E-state index in [0.29, 0.717) is 11.6 Å². The number of nitrogens with one attached hydrogen (secondary N) is 1. The minimum absolute atomic E-state index is 0.0874. The monoisotopic (exact) mass is 466 g/mol. The summed E-state index contributed by atoms with van der Waals surface area (Å²) in [6.45, 7) is 7.85. The van der Waals surface area contributed by atoms with E-state index in [4.69, 9.17) is 4.74 Å². The van der Waals surface area contributed by atoms with Gasteiger partial charge < -0.3 is 10.1 Å². The number of pyridine rings is 2. The molecule has 1 saturated carbocycles. The Labute approximate surface area is 205 Å². The highest BCUT2D eigenvalue weighted by Crippen LogP contribution is 2.30. The Balaban J connectivity index is 1.41. The van der Waals surface area contributed by atoms with E-state index in [-0.39, 0.29) is 12.1 Å². The first-order chi connectivity index (χ1) is 17.0. The zero-order valence-electron chi connectivity index (χ0n) is 20.3. The van der Waals surface area contributed by atoms with Gasteiger partial charge in [0.2, 0.25) is 0 Å². The second kappa shape index (κ2) is 9.82. The van der Waals surface area contributed by atoms with Crippen molar-refractivity contribution in [3.05, 3.63) is 84.0 Å². The summed E-state index contributed by atoms with van der Waals surface area (Å²) in [5.41, 5.74) is 7.30. The van der Waals surface area contributed by atoms with E-state index in [1.165, 1.54) is 5.71 Å². The Morgan fingerprint density at radius 2 is 2.03 bits per heavy atom. The minimum atomic E-state index is -0.317. The van der Waals surface area contributed by atoms with Crippen molar-refractivity contribution < 1.29 is 9.53 Å². The Hall–Kier alpha value is -3.80. The van der Waals surface area contributed by atoms with Crippen molar-refractivity contribution in [3.8, 4) is 0 Å². The van der Waals surface area contributed by atoms with Crippen LogP contribution in [-0.2, 0) is 4.74 Å². The van der Waals surface area contributed by atoms with Gasteiger partial charge in [0, 0.05) is 29.4 Å². The highest BCUT2D eigenvalue weighted by atomic mass is 16.5. The summed E-state index contributed by atoms with van der Waals surface area (Å²) in [7, 11) is 0. The van der Waals surface area contributed by atoms with Crippen LogP contribution in [0.4, 0.5) is 0 Å². The van der Waals surface area contributed by atoms with Gasteiger partial charge in [0.1, 0.15) is 6.10 Å². The van der Waals surface area contributed by atoms with E-state index in [2.05, 4.69) is 32.9 Å². The number of rotatable bonds is 6. The molecule has 1 aromatic carbocycles. The van der Waals surface area contributed by atoms with Crippen molar-refractivity contribution in [2.24, 2.45) is 4.99 Å². The van der Waals surface area contributed by atoms with Crippen LogP contribution >= 0.6 is 0 Å². The smallest absolute Gasteiger partial charge is 0.339 e. The van der Waals surface area contributed by atoms with Gasteiger partial charge in [-0.3, -0.25) is 15.0 Å². The van der Waals surface area contributed by atoms with Crippen LogP contribution < -0.4 is 5.32 Å². The number of nitrogens with zero attached hydrogens (tertiary/aromatic N) is 3. The molecule has 2 aliphatic rings. The Morgan fingerprint density at radius 3 is 2.86 bits per heavy atom. The number of allylic oxidation sites excluding steroid dienone is 1. The molecule has 3 aromatic rings. The third-order valence-corrected chi connectivity index (χ3v) is 6.72. The Morgan fingerprint density at radius 1 is 1.17 bits per heavy atom. The number of carbonyl (C=O) groups excluding carboxylic acids is 1. The third-order valence-electron chi connectivity index (χ3n) is 6.72. The highest BCUT2D eigenvalue weighted by molar-refractivity contribution is 6.00. The lowest BCUT2D eigenvalue weighted by Crippen LogP contribution is -2.23. The van der Waals surface area contributed by atoms with Crippen LogP contribution in [0.5, 0.6) is 0 Å². The molecule has 0 spiro atoms. The van der Waals surface area contributed by atoms with Gasteiger partial charge in [-0.15, -0.1) is 0 Å². The molecule has 178 valence electrons. The van der Waals surface area contributed by atoms with Gasteiger partial charge in [0.05, 0.1) is 28.5 Å². The number of hydrogen-bond acceptors (Lipinski definition) is 6. The minimum Gasteiger partial charge on any atom is -0.459 e. The van der Waals surface area contributed by atoms with E-state index in [1.807, 2.05) is 50.2 Å². The first kappa shape index (κ1) is 23.0. The van der Waals surface area contributed by atoms with E-state index in [1.54, 1.807) is 12.4 Å². The fraction of sp³-hybridized carbons (Fsp3) is 0.310. The summed E-state index contributed by atoms with van der Waals surface area (Å²) in [5, 5.41) is 4.13. The van der Waals surface area contributed by atoms with Crippen LogP contribution in [0.3, 0.4) is 0 Å². The molecular weight excluding hydrogens is 436 g/mol. The summed E-state index contributed by atoms with van der Waals surface area (Å²) in [4.78, 5) is 26.7. The van der Waals surface area contributed by atoms with Crippen LogP contribution in [0.2, 0.25) is 0 Å². The summed E-state index contributed by atoms with van der Waals surface area (Å²) in [6, 6.07) is 14.2. The molecule has 6 nitrogen and oxygen atoms in total. The van der Waals surface area contributed by atoms with Crippen molar-refractivity contribution >= 4 is 33.9 Å². The zero-order chi connectivity index (χ0) is 24.4. The van der Waals surface area contributed by atoms with Gasteiger partial charge in [0.15, 0.2) is 0 Å². The first-order valence-electron chi connectivity index (χ1n) is 12.2. The van der Waals surface area contributed by atoms with Gasteiger partial charge in [0.25, 0.3) is 0 Å². The number of fused-ring (bicyclic) bond motifs is 2. The predicted molar refractivity (Wildman–Crippen MR) is 140 cm³/mol. The lowest BCUT2D eigenvalue weighted by atomic mass is 9.98. The van der Waals surface area contributed by atoms with Crippen molar-refractivity contribution in [1.29, 1.82) is 0 Å². The summed E-state index contributed by atoms with van der Waals surface area (Å²) in [5.74, 6) is -0.317. The molecular formula is C29H30N4O2. The lowest BCUT2D eigenvalue weighted by molar-refractivity contribution is 0.0255. The average molecular weight is 467 g/mol. The van der Waals surface area contributed by atoms with Crippen molar-refractivity contribution in [2.75, 3.05) is 0 Å². The van der Waals surface area contributed by atoms with Crippen LogP contribution in [0.25, 0.3) is 22.2 Å². The number of aryl methyl sites for hydroxylation is 1. The quantitative estimate of drug-likeness (QED) is 0.460. The fourth-order valence-corrected chi connectivity index (χ4v) is 4.73. The first-order valence-corrected chi connectivity index (χ1v) is 12.2. The molecule has 0 bridgehead atoms. The van der Waals surface area contributed by atoms with Gasteiger partial charge >= 0.3 is 5.97 Å². The van der Waals surface area contributed by atoms with Gasteiger partial charge in [-0.2, -0.15) is 0 Å². The molecule has 6 heteroatoms. The molecule has 2 atom stereocenters. The van der Waals surface area contributed by atoms with E-state index in [0.717, 1.165) is 71.2 Å². The van der Waals surface area contributed by atoms with E-state index in [9.17, 15) is 4.79 Å². The molecule has 1 aliphatic heterocycles. The number of aromatic nitrogens is 2. The normalized spacial score (nSPS) is 20.0. The van der Waals surface area contributed by atoms with Crippen LogP contribution in [0, 0.1) is 6.92 Å². The Bertz CT molecular complexity index is 1360. The number of benzene rings is 1.